The number of methoxy groups -OCH3 is 1. The van der Waals surface area contributed by atoms with Crippen molar-refractivity contribution in [2.24, 2.45) is 0 Å². The third kappa shape index (κ3) is 4.51. The van der Waals surface area contributed by atoms with E-state index in [1.807, 2.05) is 56.3 Å². The Morgan fingerprint density at radius 2 is 1.93 bits per heavy atom. The first-order valence-corrected chi connectivity index (χ1v) is 9.96. The Balaban J connectivity index is 1.67. The minimum atomic E-state index is -0.225. The normalized spacial score (nSPS) is 10.6. The second-order valence-electron chi connectivity index (χ2n) is 6.41. The number of hydrogen-bond donors (Lipinski definition) is 1. The van der Waals surface area contributed by atoms with E-state index in [9.17, 15) is 4.79 Å². The number of benzene rings is 2. The fraction of sp³-hybridized carbons (Fsp3) is 0.273. The molecule has 0 aliphatic heterocycles. The van der Waals surface area contributed by atoms with Gasteiger partial charge in [-0.25, -0.2) is 4.98 Å². The number of carbonyl (C=O) groups excluding carboxylic acids is 1. The predicted octanol–water partition coefficient (Wildman–Crippen LogP) is 5.02. The third-order valence-corrected chi connectivity index (χ3v) is 5.31. The second-order valence-corrected chi connectivity index (χ2v) is 7.61. The summed E-state index contributed by atoms with van der Waals surface area (Å²) in [6.07, 6.45) is 0.855. The number of para-hydroxylation sites is 1. The highest BCUT2D eigenvalue weighted by atomic mass is 32.1. The van der Waals surface area contributed by atoms with Gasteiger partial charge in [0.05, 0.1) is 12.8 Å². The lowest BCUT2D eigenvalue weighted by Gasteiger charge is -2.09. The minimum Gasteiger partial charge on any atom is -0.496 e. The summed E-state index contributed by atoms with van der Waals surface area (Å²) in [6.45, 7) is 6.00. The first kappa shape index (κ1) is 19.9. The average Bonchev–Trinajstić information content (AvgIpc) is 3.06. The third-order valence-electron chi connectivity index (χ3n) is 4.42. The van der Waals surface area contributed by atoms with Crippen molar-refractivity contribution in [3.63, 3.8) is 0 Å². The van der Waals surface area contributed by atoms with Gasteiger partial charge in [-0.1, -0.05) is 25.1 Å². The first-order valence-electron chi connectivity index (χ1n) is 9.14. The van der Waals surface area contributed by atoms with Crippen LogP contribution < -0.4 is 14.8 Å². The zero-order valence-corrected chi connectivity index (χ0v) is 17.4. The SMILES string of the molecule is CCc1ccccc1OCC(=O)Nc1nc(-c2ccc(OC)c(C)c2)c(C)s1. The predicted molar refractivity (Wildman–Crippen MR) is 114 cm³/mol. The largest absolute Gasteiger partial charge is 0.496 e. The van der Waals surface area contributed by atoms with E-state index in [0.717, 1.165) is 45.2 Å². The standard InChI is InChI=1S/C22H24N2O3S/c1-5-16-8-6-7-9-19(16)27-13-20(25)23-22-24-21(15(3)28-22)17-10-11-18(26-4)14(2)12-17/h6-12H,5,13H2,1-4H3,(H,23,24,25). The molecule has 0 bridgehead atoms. The Labute approximate surface area is 169 Å². The van der Waals surface area contributed by atoms with Gasteiger partial charge in [0.1, 0.15) is 11.5 Å². The Bertz CT molecular complexity index is 982. The number of nitrogens with zero attached hydrogens (tertiary/aromatic N) is 1. The van der Waals surface area contributed by atoms with E-state index in [0.29, 0.717) is 5.13 Å². The molecule has 28 heavy (non-hydrogen) atoms. The first-order chi connectivity index (χ1) is 13.5. The van der Waals surface area contributed by atoms with E-state index >= 15 is 0 Å². The van der Waals surface area contributed by atoms with Crippen LogP contribution in [0.5, 0.6) is 11.5 Å². The number of amides is 1. The monoisotopic (exact) mass is 396 g/mol. The van der Waals surface area contributed by atoms with Gasteiger partial charge in [-0.15, -0.1) is 11.3 Å². The number of aryl methyl sites for hydroxylation is 3. The van der Waals surface area contributed by atoms with Crippen LogP contribution in [0.2, 0.25) is 0 Å². The summed E-state index contributed by atoms with van der Waals surface area (Å²) in [5, 5.41) is 3.40. The van der Waals surface area contributed by atoms with Gasteiger partial charge in [0.2, 0.25) is 0 Å². The van der Waals surface area contributed by atoms with Crippen LogP contribution in [0.1, 0.15) is 22.9 Å². The molecule has 0 radical (unpaired) electrons. The van der Waals surface area contributed by atoms with Crippen LogP contribution in [0, 0.1) is 13.8 Å². The molecule has 1 aromatic heterocycles. The molecule has 1 heterocycles. The Morgan fingerprint density at radius 3 is 2.64 bits per heavy atom. The molecule has 0 atom stereocenters. The summed E-state index contributed by atoms with van der Waals surface area (Å²) < 4.78 is 11.0. The maximum atomic E-state index is 12.3. The molecule has 6 heteroatoms. The van der Waals surface area contributed by atoms with E-state index in [2.05, 4.69) is 17.2 Å². The molecule has 0 saturated carbocycles. The molecule has 1 N–H and O–H groups in total. The summed E-state index contributed by atoms with van der Waals surface area (Å²) in [6, 6.07) is 13.7. The van der Waals surface area contributed by atoms with E-state index in [1.54, 1.807) is 7.11 Å². The Morgan fingerprint density at radius 1 is 1.14 bits per heavy atom. The highest BCUT2D eigenvalue weighted by molar-refractivity contribution is 7.16. The molecule has 0 aliphatic carbocycles. The number of rotatable bonds is 7. The second kappa shape index (κ2) is 8.89. The number of thiazole rings is 1. The van der Waals surface area contributed by atoms with Gasteiger partial charge in [0.15, 0.2) is 11.7 Å². The van der Waals surface area contributed by atoms with E-state index in [-0.39, 0.29) is 12.5 Å². The van der Waals surface area contributed by atoms with Crippen molar-refractivity contribution in [2.75, 3.05) is 19.0 Å². The average molecular weight is 397 g/mol. The molecule has 0 fully saturated rings. The zero-order valence-electron chi connectivity index (χ0n) is 16.5. The summed E-state index contributed by atoms with van der Waals surface area (Å²) in [5.41, 5.74) is 3.99. The van der Waals surface area contributed by atoms with Crippen LogP contribution in [0.4, 0.5) is 5.13 Å². The number of ether oxygens (including phenoxy) is 2. The van der Waals surface area contributed by atoms with Crippen molar-refractivity contribution in [3.8, 4) is 22.8 Å². The zero-order chi connectivity index (χ0) is 20.1. The minimum absolute atomic E-state index is 0.0490. The van der Waals surface area contributed by atoms with Crippen LogP contribution in [-0.4, -0.2) is 24.6 Å². The molecule has 2 aromatic carbocycles. The highest BCUT2D eigenvalue weighted by Crippen LogP contribution is 2.32. The number of anilines is 1. The number of nitrogens with one attached hydrogen (secondary N) is 1. The molecule has 0 unspecified atom stereocenters. The maximum absolute atomic E-state index is 12.3. The maximum Gasteiger partial charge on any atom is 0.264 e. The van der Waals surface area contributed by atoms with Crippen molar-refractivity contribution >= 4 is 22.4 Å². The molecule has 0 aliphatic rings. The highest BCUT2D eigenvalue weighted by Gasteiger charge is 2.14. The molecule has 146 valence electrons. The number of carbonyl (C=O) groups is 1. The lowest BCUT2D eigenvalue weighted by Crippen LogP contribution is -2.20. The van der Waals surface area contributed by atoms with E-state index in [4.69, 9.17) is 9.47 Å². The summed E-state index contributed by atoms with van der Waals surface area (Å²) >= 11 is 1.45. The van der Waals surface area contributed by atoms with Gasteiger partial charge in [-0.3, -0.25) is 10.1 Å². The van der Waals surface area contributed by atoms with Crippen molar-refractivity contribution in [1.82, 2.24) is 4.98 Å². The number of hydrogen-bond acceptors (Lipinski definition) is 5. The Kier molecular flexibility index (Phi) is 6.31. The summed E-state index contributed by atoms with van der Waals surface area (Å²) in [4.78, 5) is 17.9. The van der Waals surface area contributed by atoms with Crippen LogP contribution in [0.3, 0.4) is 0 Å². The number of aromatic nitrogens is 1. The molecule has 3 rings (SSSR count). The quantitative estimate of drug-likeness (QED) is 0.609. The lowest BCUT2D eigenvalue weighted by molar-refractivity contribution is -0.118. The fourth-order valence-electron chi connectivity index (χ4n) is 2.98. The lowest BCUT2D eigenvalue weighted by atomic mass is 10.1. The van der Waals surface area contributed by atoms with Crippen molar-refractivity contribution < 1.29 is 14.3 Å². The molecular weight excluding hydrogens is 372 g/mol. The van der Waals surface area contributed by atoms with Gasteiger partial charge < -0.3 is 9.47 Å². The van der Waals surface area contributed by atoms with Crippen molar-refractivity contribution in [3.05, 3.63) is 58.5 Å². The molecule has 3 aromatic rings. The summed E-state index contributed by atoms with van der Waals surface area (Å²) in [7, 11) is 1.66. The van der Waals surface area contributed by atoms with Gasteiger partial charge in [0.25, 0.3) is 5.91 Å². The molecular formula is C22H24N2O3S. The van der Waals surface area contributed by atoms with Crippen molar-refractivity contribution in [2.45, 2.75) is 27.2 Å². The molecule has 0 spiro atoms. The molecule has 1 amide bonds. The molecule has 0 saturated heterocycles. The van der Waals surface area contributed by atoms with Gasteiger partial charge in [-0.05, 0) is 55.7 Å². The van der Waals surface area contributed by atoms with Crippen LogP contribution in [-0.2, 0) is 11.2 Å². The smallest absolute Gasteiger partial charge is 0.264 e. The topological polar surface area (TPSA) is 60.5 Å². The summed E-state index contributed by atoms with van der Waals surface area (Å²) in [5.74, 6) is 1.36. The van der Waals surface area contributed by atoms with Crippen LogP contribution >= 0.6 is 11.3 Å². The van der Waals surface area contributed by atoms with Crippen LogP contribution in [0.15, 0.2) is 42.5 Å². The van der Waals surface area contributed by atoms with Crippen LogP contribution in [0.25, 0.3) is 11.3 Å². The Hall–Kier alpha value is -2.86. The molecule has 5 nitrogen and oxygen atoms in total. The van der Waals surface area contributed by atoms with Gasteiger partial charge in [0, 0.05) is 10.4 Å². The fourth-order valence-corrected chi connectivity index (χ4v) is 3.83. The van der Waals surface area contributed by atoms with Gasteiger partial charge >= 0.3 is 0 Å². The van der Waals surface area contributed by atoms with Crippen molar-refractivity contribution in [1.29, 1.82) is 0 Å². The van der Waals surface area contributed by atoms with E-state index < -0.39 is 0 Å². The van der Waals surface area contributed by atoms with Gasteiger partial charge in [-0.2, -0.15) is 0 Å². The van der Waals surface area contributed by atoms with E-state index in [1.165, 1.54) is 11.3 Å².